The van der Waals surface area contributed by atoms with E-state index in [1.165, 1.54) is 0 Å². The lowest BCUT2D eigenvalue weighted by Gasteiger charge is -1.98. The molecular formula is C8H6N2O2. The van der Waals surface area contributed by atoms with Crippen molar-refractivity contribution in [3.63, 3.8) is 0 Å². The van der Waals surface area contributed by atoms with Gasteiger partial charge in [-0.1, -0.05) is 12.1 Å². The zero-order chi connectivity index (χ0) is 8.55. The zero-order valence-corrected chi connectivity index (χ0v) is 6.10. The summed E-state index contributed by atoms with van der Waals surface area (Å²) >= 11 is 0. The summed E-state index contributed by atoms with van der Waals surface area (Å²) in [6.45, 7) is 0. The molecule has 0 aliphatic rings. The molecule has 0 radical (unpaired) electrons. The Kier molecular flexibility index (Phi) is 1.33. The van der Waals surface area contributed by atoms with E-state index in [-0.39, 0.29) is 5.75 Å². The quantitative estimate of drug-likeness (QED) is 0.607. The molecule has 1 aromatic carbocycles. The first-order valence-electron chi connectivity index (χ1n) is 3.42. The Labute approximate surface area is 68.1 Å². The molecule has 2 rings (SSSR count). The Hall–Kier alpha value is -1.84. The third-order valence-electron chi connectivity index (χ3n) is 1.62. The molecule has 2 aromatic rings. The van der Waals surface area contributed by atoms with Crippen molar-refractivity contribution < 1.29 is 10.2 Å². The van der Waals surface area contributed by atoms with E-state index in [0.29, 0.717) is 10.9 Å². The summed E-state index contributed by atoms with van der Waals surface area (Å²) in [6, 6.07) is 6.91. The maximum atomic E-state index is 9.31. The number of hydrogen-bond donors (Lipinski definition) is 2. The summed E-state index contributed by atoms with van der Waals surface area (Å²) in [5.74, 6) is -0.658. The molecule has 4 heteroatoms. The van der Waals surface area contributed by atoms with Crippen LogP contribution in [0.1, 0.15) is 0 Å². The van der Waals surface area contributed by atoms with Crippen LogP contribution in [-0.4, -0.2) is 20.4 Å². The van der Waals surface area contributed by atoms with E-state index in [0.717, 1.165) is 0 Å². The first-order valence-corrected chi connectivity index (χ1v) is 3.42. The smallest absolute Gasteiger partial charge is 0.274 e. The van der Waals surface area contributed by atoms with Gasteiger partial charge in [0.2, 0.25) is 0 Å². The highest BCUT2D eigenvalue weighted by Crippen LogP contribution is 2.28. The highest BCUT2D eigenvalue weighted by molar-refractivity contribution is 5.85. The van der Waals surface area contributed by atoms with E-state index >= 15 is 0 Å². The number of aromatic nitrogens is 2. The predicted molar refractivity (Wildman–Crippen MR) is 42.9 cm³/mol. The molecule has 2 N–H and O–H groups in total. The largest absolute Gasteiger partial charge is 0.503 e. The number of benzene rings is 1. The van der Waals surface area contributed by atoms with Crippen LogP contribution in [0.3, 0.4) is 0 Å². The van der Waals surface area contributed by atoms with Crippen LogP contribution < -0.4 is 0 Å². The van der Waals surface area contributed by atoms with Gasteiger partial charge in [0, 0.05) is 5.39 Å². The fourth-order valence-corrected chi connectivity index (χ4v) is 1.03. The van der Waals surface area contributed by atoms with Gasteiger partial charge in [-0.3, -0.25) is 0 Å². The minimum absolute atomic E-state index is 0.222. The average molecular weight is 162 g/mol. The number of aromatic hydroxyl groups is 2. The van der Waals surface area contributed by atoms with Crippen molar-refractivity contribution in [2.45, 2.75) is 0 Å². The predicted octanol–water partition coefficient (Wildman–Crippen LogP) is 1.04. The van der Waals surface area contributed by atoms with Crippen LogP contribution in [0.5, 0.6) is 11.6 Å². The molecule has 0 spiro atoms. The molecule has 0 unspecified atom stereocenters. The lowest BCUT2D eigenvalue weighted by molar-refractivity contribution is 0.388. The molecule has 1 aromatic heterocycles. The summed E-state index contributed by atoms with van der Waals surface area (Å²) in [5.41, 5.74) is 0.563. The Morgan fingerprint density at radius 1 is 1.00 bits per heavy atom. The lowest BCUT2D eigenvalue weighted by Crippen LogP contribution is -1.84. The third-order valence-corrected chi connectivity index (χ3v) is 1.62. The monoisotopic (exact) mass is 162 g/mol. The third kappa shape index (κ3) is 0.852. The number of nitrogens with zero attached hydrogens (tertiary/aromatic N) is 2. The van der Waals surface area contributed by atoms with E-state index < -0.39 is 5.88 Å². The van der Waals surface area contributed by atoms with Crippen LogP contribution >= 0.6 is 0 Å². The Bertz CT molecular complexity index is 428. The number of hydrogen-bond acceptors (Lipinski definition) is 4. The van der Waals surface area contributed by atoms with Crippen LogP contribution in [-0.2, 0) is 0 Å². The molecule has 0 saturated carbocycles. The SMILES string of the molecule is Oc1nnc2ccccc2c1O. The molecule has 4 nitrogen and oxygen atoms in total. The average Bonchev–Trinajstić information content (AvgIpc) is 2.12. The topological polar surface area (TPSA) is 66.2 Å². The summed E-state index contributed by atoms with van der Waals surface area (Å²) < 4.78 is 0. The Morgan fingerprint density at radius 2 is 1.75 bits per heavy atom. The maximum Gasteiger partial charge on any atom is 0.274 e. The summed E-state index contributed by atoms with van der Waals surface area (Å²) in [6.07, 6.45) is 0. The minimum atomic E-state index is -0.436. The maximum absolute atomic E-state index is 9.31. The van der Waals surface area contributed by atoms with Crippen molar-refractivity contribution >= 4 is 10.9 Å². The molecule has 0 atom stereocenters. The highest BCUT2D eigenvalue weighted by Gasteiger charge is 2.05. The molecule has 0 aliphatic heterocycles. The summed E-state index contributed by atoms with van der Waals surface area (Å²) in [4.78, 5) is 0. The van der Waals surface area contributed by atoms with Crippen molar-refractivity contribution in [2.24, 2.45) is 0 Å². The number of fused-ring (bicyclic) bond motifs is 1. The van der Waals surface area contributed by atoms with Gasteiger partial charge in [0.15, 0.2) is 5.75 Å². The van der Waals surface area contributed by atoms with Gasteiger partial charge in [-0.25, -0.2) is 0 Å². The van der Waals surface area contributed by atoms with Gasteiger partial charge in [0.05, 0.1) is 5.52 Å². The fourth-order valence-electron chi connectivity index (χ4n) is 1.03. The van der Waals surface area contributed by atoms with Crippen molar-refractivity contribution in [3.8, 4) is 11.6 Å². The van der Waals surface area contributed by atoms with Crippen LogP contribution in [0.15, 0.2) is 24.3 Å². The van der Waals surface area contributed by atoms with Gasteiger partial charge in [0.25, 0.3) is 5.88 Å². The van der Waals surface area contributed by atoms with Gasteiger partial charge >= 0.3 is 0 Å². The minimum Gasteiger partial charge on any atom is -0.503 e. The second kappa shape index (κ2) is 2.34. The highest BCUT2D eigenvalue weighted by atomic mass is 16.3. The fraction of sp³-hybridized carbons (Fsp3) is 0. The van der Waals surface area contributed by atoms with E-state index in [1.54, 1.807) is 24.3 Å². The normalized spacial score (nSPS) is 10.3. The summed E-state index contributed by atoms with van der Waals surface area (Å²) in [5, 5.41) is 25.8. The van der Waals surface area contributed by atoms with Crippen molar-refractivity contribution in [1.82, 2.24) is 10.2 Å². The van der Waals surface area contributed by atoms with Crippen molar-refractivity contribution in [3.05, 3.63) is 24.3 Å². The van der Waals surface area contributed by atoms with E-state index in [2.05, 4.69) is 10.2 Å². The lowest BCUT2D eigenvalue weighted by atomic mass is 10.2. The Morgan fingerprint density at radius 3 is 2.58 bits per heavy atom. The molecule has 0 amide bonds. The molecule has 0 fully saturated rings. The molecule has 1 heterocycles. The van der Waals surface area contributed by atoms with Crippen LogP contribution in [0, 0.1) is 0 Å². The van der Waals surface area contributed by atoms with Crippen LogP contribution in [0.25, 0.3) is 10.9 Å². The molecule has 12 heavy (non-hydrogen) atoms. The van der Waals surface area contributed by atoms with Crippen molar-refractivity contribution in [1.29, 1.82) is 0 Å². The zero-order valence-electron chi connectivity index (χ0n) is 6.10. The molecule has 0 bridgehead atoms. The van der Waals surface area contributed by atoms with Gasteiger partial charge in [0.1, 0.15) is 0 Å². The van der Waals surface area contributed by atoms with Gasteiger partial charge < -0.3 is 10.2 Å². The van der Waals surface area contributed by atoms with E-state index in [1.807, 2.05) is 0 Å². The van der Waals surface area contributed by atoms with Crippen LogP contribution in [0.2, 0.25) is 0 Å². The van der Waals surface area contributed by atoms with Gasteiger partial charge in [-0.15, -0.1) is 10.2 Å². The first-order chi connectivity index (χ1) is 5.79. The molecule has 0 aliphatic carbocycles. The second-order valence-corrected chi connectivity index (χ2v) is 2.39. The van der Waals surface area contributed by atoms with Crippen LogP contribution in [0.4, 0.5) is 0 Å². The van der Waals surface area contributed by atoms with E-state index in [4.69, 9.17) is 5.11 Å². The molecular weight excluding hydrogens is 156 g/mol. The number of rotatable bonds is 0. The molecule has 0 saturated heterocycles. The molecule has 60 valence electrons. The summed E-state index contributed by atoms with van der Waals surface area (Å²) in [7, 11) is 0. The first kappa shape index (κ1) is 6.84. The Balaban J connectivity index is 2.91. The van der Waals surface area contributed by atoms with E-state index in [9.17, 15) is 5.11 Å². The van der Waals surface area contributed by atoms with Crippen molar-refractivity contribution in [2.75, 3.05) is 0 Å². The standard InChI is InChI=1S/C8H6N2O2/c11-7-5-3-1-2-4-6(5)9-10-8(7)12/h1-4H,(H,9,11)(H,10,12). The van der Waals surface area contributed by atoms with Gasteiger partial charge in [-0.2, -0.15) is 0 Å². The van der Waals surface area contributed by atoms with Gasteiger partial charge in [-0.05, 0) is 12.1 Å². The second-order valence-electron chi connectivity index (χ2n) is 2.39.